The van der Waals surface area contributed by atoms with E-state index < -0.39 is 0 Å². The van der Waals surface area contributed by atoms with Crippen molar-refractivity contribution in [1.82, 2.24) is 0 Å². The van der Waals surface area contributed by atoms with Crippen molar-refractivity contribution in [3.63, 3.8) is 0 Å². The number of carbonyl (C=O) groups excluding carboxylic acids is 1. The summed E-state index contributed by atoms with van der Waals surface area (Å²) in [5.74, 6) is 0.307. The Kier molecular flexibility index (Phi) is 3.58. The lowest BCUT2D eigenvalue weighted by Gasteiger charge is -2.27. The van der Waals surface area contributed by atoms with Crippen molar-refractivity contribution >= 4 is 5.78 Å². The molecule has 2 rings (SSSR count). The van der Waals surface area contributed by atoms with Crippen LogP contribution in [0.2, 0.25) is 0 Å². The molecule has 0 aromatic heterocycles. The zero-order valence-electron chi connectivity index (χ0n) is 11.6. The van der Waals surface area contributed by atoms with Crippen LogP contribution >= 0.6 is 0 Å². The molecule has 1 fully saturated rings. The van der Waals surface area contributed by atoms with Crippen molar-refractivity contribution in [1.29, 1.82) is 0 Å². The summed E-state index contributed by atoms with van der Waals surface area (Å²) in [5.41, 5.74) is 9.37. The first-order valence-electron chi connectivity index (χ1n) is 6.78. The van der Waals surface area contributed by atoms with Crippen LogP contribution in [-0.2, 0) is 11.2 Å². The highest BCUT2D eigenvalue weighted by Crippen LogP contribution is 2.38. The molecular formula is C16H23NO. The van der Waals surface area contributed by atoms with E-state index in [4.69, 9.17) is 5.73 Å². The molecule has 0 spiro atoms. The third-order valence-electron chi connectivity index (χ3n) is 4.52. The number of hydrogen-bond donors (Lipinski definition) is 1. The first kappa shape index (κ1) is 13.3. The molecule has 0 bridgehead atoms. The van der Waals surface area contributed by atoms with Crippen molar-refractivity contribution in [3.05, 3.63) is 34.9 Å². The van der Waals surface area contributed by atoms with Crippen LogP contribution in [0.25, 0.3) is 0 Å². The van der Waals surface area contributed by atoms with E-state index in [9.17, 15) is 4.79 Å². The van der Waals surface area contributed by atoms with E-state index in [0.29, 0.717) is 12.2 Å². The monoisotopic (exact) mass is 245 g/mol. The molecule has 2 atom stereocenters. The molecule has 0 saturated heterocycles. The Balaban J connectivity index is 2.19. The zero-order valence-corrected chi connectivity index (χ0v) is 11.6. The second-order valence-corrected chi connectivity index (χ2v) is 5.95. The van der Waals surface area contributed by atoms with E-state index in [2.05, 4.69) is 32.0 Å². The molecule has 0 amide bonds. The summed E-state index contributed by atoms with van der Waals surface area (Å²) in [7, 11) is 0. The third kappa shape index (κ3) is 2.35. The van der Waals surface area contributed by atoms with E-state index in [0.717, 1.165) is 24.8 Å². The van der Waals surface area contributed by atoms with Crippen LogP contribution in [0.1, 0.15) is 42.9 Å². The first-order valence-corrected chi connectivity index (χ1v) is 6.78. The number of rotatable bonds is 3. The van der Waals surface area contributed by atoms with E-state index in [1.165, 1.54) is 11.1 Å². The van der Waals surface area contributed by atoms with Crippen molar-refractivity contribution in [2.75, 3.05) is 0 Å². The van der Waals surface area contributed by atoms with Crippen LogP contribution in [0.15, 0.2) is 18.2 Å². The molecular weight excluding hydrogens is 222 g/mol. The molecule has 2 nitrogen and oxygen atoms in total. The fraction of sp³-hybridized carbons (Fsp3) is 0.562. The Bertz CT molecular complexity index is 466. The average molecular weight is 245 g/mol. The smallest absolute Gasteiger partial charge is 0.144 e. The molecule has 0 heterocycles. The minimum atomic E-state index is -0.309. The zero-order chi connectivity index (χ0) is 13.3. The highest BCUT2D eigenvalue weighted by molar-refractivity contribution is 5.87. The van der Waals surface area contributed by atoms with Gasteiger partial charge in [0.05, 0.1) is 0 Å². The summed E-state index contributed by atoms with van der Waals surface area (Å²) in [6.45, 7) is 6.17. The molecule has 18 heavy (non-hydrogen) atoms. The number of nitrogens with two attached hydrogens (primary N) is 1. The molecule has 0 radical (unpaired) electrons. The van der Waals surface area contributed by atoms with Gasteiger partial charge >= 0.3 is 0 Å². The average Bonchev–Trinajstić information content (AvgIpc) is 2.66. The fourth-order valence-corrected chi connectivity index (χ4v) is 2.90. The molecule has 1 aromatic rings. The fourth-order valence-electron chi connectivity index (χ4n) is 2.90. The highest BCUT2D eigenvalue weighted by Gasteiger charge is 2.42. The molecule has 1 aromatic carbocycles. The molecule has 1 saturated carbocycles. The number of aryl methyl sites for hydroxylation is 2. The van der Waals surface area contributed by atoms with Crippen LogP contribution in [0.3, 0.4) is 0 Å². The van der Waals surface area contributed by atoms with Gasteiger partial charge in [0.1, 0.15) is 5.78 Å². The van der Waals surface area contributed by atoms with Gasteiger partial charge in [-0.3, -0.25) is 4.79 Å². The maximum Gasteiger partial charge on any atom is 0.144 e. The van der Waals surface area contributed by atoms with E-state index >= 15 is 0 Å². The SMILES string of the molecule is Cc1ccc(C)c(CC(=O)C2(C)CCCC2N)c1. The third-order valence-corrected chi connectivity index (χ3v) is 4.52. The molecule has 1 aliphatic carbocycles. The van der Waals surface area contributed by atoms with E-state index in [1.54, 1.807) is 0 Å². The van der Waals surface area contributed by atoms with E-state index in [-0.39, 0.29) is 11.5 Å². The molecule has 2 heteroatoms. The van der Waals surface area contributed by atoms with Crippen LogP contribution in [0.4, 0.5) is 0 Å². The van der Waals surface area contributed by atoms with Crippen LogP contribution in [-0.4, -0.2) is 11.8 Å². The van der Waals surface area contributed by atoms with Gasteiger partial charge in [0.15, 0.2) is 0 Å². The Hall–Kier alpha value is -1.15. The van der Waals surface area contributed by atoms with Gasteiger partial charge in [-0.25, -0.2) is 0 Å². The van der Waals surface area contributed by atoms with Gasteiger partial charge in [0, 0.05) is 17.9 Å². The summed E-state index contributed by atoms with van der Waals surface area (Å²) in [6, 6.07) is 6.34. The second kappa shape index (κ2) is 4.85. The predicted octanol–water partition coefficient (Wildman–Crippen LogP) is 2.93. The summed E-state index contributed by atoms with van der Waals surface area (Å²) < 4.78 is 0. The molecule has 2 N–H and O–H groups in total. The minimum absolute atomic E-state index is 0.0371. The number of ketones is 1. The van der Waals surface area contributed by atoms with E-state index in [1.807, 2.05) is 6.92 Å². The van der Waals surface area contributed by atoms with Crippen molar-refractivity contribution < 1.29 is 4.79 Å². The maximum atomic E-state index is 12.5. The van der Waals surface area contributed by atoms with Crippen molar-refractivity contribution in [2.24, 2.45) is 11.1 Å². The lowest BCUT2D eigenvalue weighted by Crippen LogP contribution is -2.41. The van der Waals surface area contributed by atoms with Crippen LogP contribution in [0.5, 0.6) is 0 Å². The summed E-state index contributed by atoms with van der Waals surface area (Å²) in [6.07, 6.45) is 3.53. The second-order valence-electron chi connectivity index (χ2n) is 5.95. The van der Waals surface area contributed by atoms with Gasteiger partial charge < -0.3 is 5.73 Å². The van der Waals surface area contributed by atoms with Gasteiger partial charge in [-0.2, -0.15) is 0 Å². The topological polar surface area (TPSA) is 43.1 Å². The van der Waals surface area contributed by atoms with Gasteiger partial charge in [0.25, 0.3) is 0 Å². The normalized spacial score (nSPS) is 27.4. The standard InChI is InChI=1S/C16H23NO/c1-11-6-7-12(2)13(9-11)10-15(18)16(3)8-4-5-14(16)17/h6-7,9,14H,4-5,8,10,17H2,1-3H3. The Morgan fingerprint density at radius 3 is 2.78 bits per heavy atom. The number of Topliss-reactive ketones (excluding diaryl/α,β-unsaturated/α-hetero) is 1. The molecule has 2 unspecified atom stereocenters. The number of benzene rings is 1. The Morgan fingerprint density at radius 1 is 1.44 bits per heavy atom. The molecule has 0 aliphatic heterocycles. The Labute approximate surface area is 110 Å². The summed E-state index contributed by atoms with van der Waals surface area (Å²) in [4.78, 5) is 12.5. The van der Waals surface area contributed by atoms with Crippen molar-refractivity contribution in [3.8, 4) is 0 Å². The molecule has 98 valence electrons. The quantitative estimate of drug-likeness (QED) is 0.889. The van der Waals surface area contributed by atoms with Crippen LogP contribution in [0, 0.1) is 19.3 Å². The lowest BCUT2D eigenvalue weighted by atomic mass is 9.78. The largest absolute Gasteiger partial charge is 0.327 e. The lowest BCUT2D eigenvalue weighted by molar-refractivity contribution is -0.127. The first-order chi connectivity index (χ1) is 8.43. The summed E-state index contributed by atoms with van der Waals surface area (Å²) >= 11 is 0. The van der Waals surface area contributed by atoms with Gasteiger partial charge in [-0.05, 0) is 37.8 Å². The van der Waals surface area contributed by atoms with Gasteiger partial charge in [0.2, 0.25) is 0 Å². The maximum absolute atomic E-state index is 12.5. The predicted molar refractivity (Wildman–Crippen MR) is 74.6 cm³/mol. The van der Waals surface area contributed by atoms with Gasteiger partial charge in [-0.15, -0.1) is 0 Å². The number of hydrogen-bond acceptors (Lipinski definition) is 2. The van der Waals surface area contributed by atoms with Gasteiger partial charge in [-0.1, -0.05) is 37.1 Å². The number of carbonyl (C=O) groups is 1. The molecule has 1 aliphatic rings. The minimum Gasteiger partial charge on any atom is -0.327 e. The van der Waals surface area contributed by atoms with Crippen molar-refractivity contribution in [2.45, 2.75) is 52.5 Å². The van der Waals surface area contributed by atoms with Crippen LogP contribution < -0.4 is 5.73 Å². The highest BCUT2D eigenvalue weighted by atomic mass is 16.1. The summed E-state index contributed by atoms with van der Waals surface area (Å²) in [5, 5.41) is 0. The Morgan fingerprint density at radius 2 is 2.17 bits per heavy atom.